The van der Waals surface area contributed by atoms with Gasteiger partial charge in [0.05, 0.1) is 50.8 Å². The van der Waals surface area contributed by atoms with Crippen LogP contribution in [0, 0.1) is 35.5 Å². The third-order valence-electron chi connectivity index (χ3n) is 15.8. The molecule has 1 amide bonds. The molecule has 15 atom stereocenters. The number of piperidine rings is 1. The van der Waals surface area contributed by atoms with Crippen LogP contribution in [0.2, 0.25) is 0 Å². The van der Waals surface area contributed by atoms with Gasteiger partial charge in [-0.15, -0.1) is 0 Å². The SMILES string of the molecule is CO[C@@H]1C[C@H](C[C@@H](C)[C@@H]2CC(=O)[C@H](C)/C=C(\C)[C@@H](O)[C@@H](OC)C(=O)[C@H](C)C[C@H](C)/C=C/C=C/C=C(\C)[C@H](OCCOC3COC3)C[C@@H]3CC[C@@H](C)[C@@](O)(O3)C(=O)C(=O)N3CCCC[C@H]3C(=O)O2)CC[C@H]1OC(F)F. The van der Waals surface area contributed by atoms with E-state index in [0.717, 1.165) is 10.5 Å². The molecule has 4 heterocycles. The number of carbonyl (C=O) groups is 5. The van der Waals surface area contributed by atoms with E-state index in [1.54, 1.807) is 33.8 Å². The predicted octanol–water partition coefficient (Wildman–Crippen LogP) is 7.21. The number of amides is 1. The summed E-state index contributed by atoms with van der Waals surface area (Å²) in [7, 11) is 2.80. The van der Waals surface area contributed by atoms with Crippen molar-refractivity contribution in [3.8, 4) is 0 Å². The Kier molecular flexibility index (Phi) is 24.2. The Labute approximate surface area is 436 Å². The predicted molar refractivity (Wildman–Crippen MR) is 270 cm³/mol. The van der Waals surface area contributed by atoms with Gasteiger partial charge >= 0.3 is 12.6 Å². The van der Waals surface area contributed by atoms with Gasteiger partial charge in [-0.05, 0) is 107 Å². The number of nitrogens with zero attached hydrogens (tertiary/aromatic N) is 1. The van der Waals surface area contributed by atoms with Gasteiger partial charge in [-0.2, -0.15) is 8.78 Å². The van der Waals surface area contributed by atoms with Crippen LogP contribution in [0.15, 0.2) is 47.6 Å². The van der Waals surface area contributed by atoms with Gasteiger partial charge in [0, 0.05) is 51.4 Å². The maximum Gasteiger partial charge on any atom is 0.345 e. The molecule has 0 aromatic carbocycles. The molecule has 5 rings (SSSR count). The van der Waals surface area contributed by atoms with E-state index < -0.39 is 102 Å². The lowest BCUT2D eigenvalue weighted by molar-refractivity contribution is -0.266. The van der Waals surface area contributed by atoms with E-state index in [9.17, 15) is 43.0 Å². The molecule has 2 bridgehead atoms. The summed E-state index contributed by atoms with van der Waals surface area (Å²) in [6.07, 6.45) is 8.96. The molecule has 1 aliphatic carbocycles. The monoisotopic (exact) mass is 1050 g/mol. The molecule has 4 fully saturated rings. The number of aliphatic hydroxyl groups excluding tert-OH is 1. The molecular formula is C56H85F2NO15. The molecule has 1 saturated carbocycles. The summed E-state index contributed by atoms with van der Waals surface area (Å²) in [4.78, 5) is 72.6. The van der Waals surface area contributed by atoms with Crippen molar-refractivity contribution in [2.75, 3.05) is 47.2 Å². The van der Waals surface area contributed by atoms with Crippen LogP contribution < -0.4 is 0 Å². The number of esters is 1. The van der Waals surface area contributed by atoms with Crippen LogP contribution in [0.4, 0.5) is 8.78 Å². The van der Waals surface area contributed by atoms with Crippen molar-refractivity contribution in [3.63, 3.8) is 0 Å². The Hall–Kier alpha value is -3.59. The number of alkyl halides is 2. The number of cyclic esters (lactones) is 1. The Bertz CT molecular complexity index is 1990. The number of halogens is 2. The summed E-state index contributed by atoms with van der Waals surface area (Å²) >= 11 is 0. The van der Waals surface area contributed by atoms with Crippen LogP contribution in [0.1, 0.15) is 126 Å². The highest BCUT2D eigenvalue weighted by Gasteiger charge is 2.53. The van der Waals surface area contributed by atoms with Gasteiger partial charge in [0.2, 0.25) is 5.79 Å². The Morgan fingerprint density at radius 3 is 2.26 bits per heavy atom. The van der Waals surface area contributed by atoms with E-state index >= 15 is 0 Å². The molecule has 4 aliphatic heterocycles. The van der Waals surface area contributed by atoms with E-state index in [-0.39, 0.29) is 61.9 Å². The maximum atomic E-state index is 14.5. The van der Waals surface area contributed by atoms with Crippen LogP contribution in [-0.4, -0.2) is 159 Å². The molecule has 2 N–H and O–H groups in total. The highest BCUT2D eigenvalue weighted by molar-refractivity contribution is 6.39. The molecule has 0 radical (unpaired) electrons. The number of methoxy groups -OCH3 is 2. The molecular weight excluding hydrogens is 965 g/mol. The number of hydrogen-bond acceptors (Lipinski definition) is 15. The number of carbonyl (C=O) groups excluding carboxylic acids is 5. The normalized spacial score (nSPS) is 38.2. The number of rotatable bonds is 12. The Morgan fingerprint density at radius 1 is 0.851 bits per heavy atom. The largest absolute Gasteiger partial charge is 0.460 e. The van der Waals surface area contributed by atoms with E-state index in [2.05, 4.69) is 0 Å². The van der Waals surface area contributed by atoms with E-state index in [4.69, 9.17) is 37.9 Å². The molecule has 0 unspecified atom stereocenters. The second kappa shape index (κ2) is 29.2. The summed E-state index contributed by atoms with van der Waals surface area (Å²) in [5, 5.41) is 23.7. The summed E-state index contributed by atoms with van der Waals surface area (Å²) in [6, 6.07) is -1.22. The van der Waals surface area contributed by atoms with Gasteiger partial charge in [-0.25, -0.2) is 4.79 Å². The first kappa shape index (κ1) is 61.3. The first-order valence-corrected chi connectivity index (χ1v) is 26.9. The number of allylic oxidation sites excluding steroid dienone is 6. The highest BCUT2D eigenvalue weighted by Crippen LogP contribution is 2.38. The minimum absolute atomic E-state index is 0.00337. The molecule has 0 aromatic rings. The van der Waals surface area contributed by atoms with Gasteiger partial charge < -0.3 is 53.0 Å². The number of aliphatic hydroxyl groups is 2. The summed E-state index contributed by atoms with van der Waals surface area (Å²) in [5.41, 5.74) is 1.18. The molecule has 3 saturated heterocycles. The van der Waals surface area contributed by atoms with Crippen molar-refractivity contribution in [3.05, 3.63) is 47.6 Å². The van der Waals surface area contributed by atoms with E-state index in [1.807, 2.05) is 51.2 Å². The molecule has 0 spiro atoms. The lowest BCUT2D eigenvalue weighted by Gasteiger charge is -2.43. The number of ketones is 3. The third-order valence-corrected chi connectivity index (χ3v) is 15.8. The van der Waals surface area contributed by atoms with Gasteiger partial charge in [-0.1, -0.05) is 71.1 Å². The van der Waals surface area contributed by atoms with Crippen molar-refractivity contribution in [1.29, 1.82) is 0 Å². The lowest BCUT2D eigenvalue weighted by Crippen LogP contribution is -2.61. The number of ether oxygens (including phenoxy) is 8. The minimum atomic E-state index is -2.96. The number of hydrogen-bond donors (Lipinski definition) is 2. The minimum Gasteiger partial charge on any atom is -0.460 e. The first-order chi connectivity index (χ1) is 35.2. The molecule has 16 nitrogen and oxygen atoms in total. The summed E-state index contributed by atoms with van der Waals surface area (Å²) in [5.74, 6) is -8.84. The molecule has 0 aromatic heterocycles. The second-order valence-corrected chi connectivity index (χ2v) is 21.6. The second-order valence-electron chi connectivity index (χ2n) is 21.6. The number of fused-ring (bicyclic) bond motifs is 3. The van der Waals surface area contributed by atoms with Crippen LogP contribution in [0.3, 0.4) is 0 Å². The molecule has 74 heavy (non-hydrogen) atoms. The topological polar surface area (TPSA) is 203 Å². The summed E-state index contributed by atoms with van der Waals surface area (Å²) < 4.78 is 72.5. The first-order valence-electron chi connectivity index (χ1n) is 26.9. The highest BCUT2D eigenvalue weighted by atomic mass is 19.3. The van der Waals surface area contributed by atoms with E-state index in [0.29, 0.717) is 83.2 Å². The van der Waals surface area contributed by atoms with Crippen molar-refractivity contribution >= 4 is 29.2 Å². The fourth-order valence-corrected chi connectivity index (χ4v) is 11.0. The zero-order valence-corrected chi connectivity index (χ0v) is 45.1. The third kappa shape index (κ3) is 17.0. The molecule has 5 aliphatic rings. The van der Waals surface area contributed by atoms with Gasteiger partial charge in [0.1, 0.15) is 36.2 Å². The smallest absolute Gasteiger partial charge is 0.345 e. The fraction of sp³-hybridized carbons (Fsp3) is 0.768. The van der Waals surface area contributed by atoms with Crippen molar-refractivity contribution in [2.45, 2.75) is 193 Å². The lowest BCUT2D eigenvalue weighted by atomic mass is 9.78. The zero-order valence-electron chi connectivity index (χ0n) is 45.1. The van der Waals surface area contributed by atoms with Crippen molar-refractivity contribution in [2.24, 2.45) is 35.5 Å². The van der Waals surface area contributed by atoms with Crippen molar-refractivity contribution in [1.82, 2.24) is 4.90 Å². The zero-order chi connectivity index (χ0) is 54.3. The van der Waals surface area contributed by atoms with Crippen LogP contribution in [0.25, 0.3) is 0 Å². The van der Waals surface area contributed by atoms with Crippen LogP contribution >= 0.6 is 0 Å². The van der Waals surface area contributed by atoms with Gasteiger partial charge in [0.15, 0.2) is 5.78 Å². The summed E-state index contributed by atoms with van der Waals surface area (Å²) in [6.45, 7) is 11.1. The molecule has 418 valence electrons. The molecule has 18 heteroatoms. The Morgan fingerprint density at radius 2 is 1.58 bits per heavy atom. The van der Waals surface area contributed by atoms with Crippen LogP contribution in [-0.2, 0) is 61.9 Å². The average molecular weight is 1050 g/mol. The quantitative estimate of drug-likeness (QED) is 0.0858. The number of Topliss-reactive ketones (excluding diaryl/α,β-unsaturated/α-hetero) is 3. The standard InChI is InChI=1S/C56H85F2NO15/c1-33-15-11-10-12-16-34(2)46(71-24-23-70-42-31-69-32-42)29-41-20-18-39(7)56(66,74-41)52(63)53(64)59-22-14-13-17-43(59)54(65)72-47(36(4)27-40-19-21-45(73-55(57)58)48(28-40)67-8)30-44(60)35(3)26-38(6)50(62)51(68-9)49(61)37(5)25-33/h10-12,15-16,26,33,35-37,39-43,45-48,50-51,55,62,66H,13-14,17-25,27-32H2,1-9H3/b12-10+,15-11+,34-16+,38-26+/t33-,35-,36-,37-,39-,40+,41+,43+,45-,46-,47+,48-,50-,51+,56-/m1/s1. The average Bonchev–Trinajstić information content (AvgIpc) is 3.35. The van der Waals surface area contributed by atoms with Crippen LogP contribution in [0.5, 0.6) is 0 Å². The fourth-order valence-electron chi connectivity index (χ4n) is 11.0. The van der Waals surface area contributed by atoms with Gasteiger partial charge in [-0.3, -0.25) is 19.2 Å². The van der Waals surface area contributed by atoms with Crippen molar-refractivity contribution < 1.29 is 80.9 Å². The maximum absolute atomic E-state index is 14.5. The Balaban J connectivity index is 1.46. The van der Waals surface area contributed by atoms with Gasteiger partial charge in [0.25, 0.3) is 11.7 Å². The van der Waals surface area contributed by atoms with E-state index in [1.165, 1.54) is 14.2 Å².